The fourth-order valence-corrected chi connectivity index (χ4v) is 6.68. The second-order valence-corrected chi connectivity index (χ2v) is 17.3. The third kappa shape index (κ3) is 55.6. The van der Waals surface area contributed by atoms with Crippen molar-refractivity contribution < 1.29 is 28.6 Å². The van der Waals surface area contributed by atoms with E-state index in [1.165, 1.54) is 0 Å². The molecular formula is C65H98O6. The number of carbonyl (C=O) groups is 3. The minimum Gasteiger partial charge on any atom is -0.462 e. The van der Waals surface area contributed by atoms with E-state index in [9.17, 15) is 14.4 Å². The first kappa shape index (κ1) is 65.8. The number of ether oxygens (including phenoxy) is 3. The van der Waals surface area contributed by atoms with E-state index in [1.807, 2.05) is 12.2 Å². The summed E-state index contributed by atoms with van der Waals surface area (Å²) in [5.41, 5.74) is 0. The molecule has 6 heteroatoms. The summed E-state index contributed by atoms with van der Waals surface area (Å²) < 4.78 is 16.7. The highest BCUT2D eigenvalue weighted by molar-refractivity contribution is 5.71. The van der Waals surface area contributed by atoms with E-state index in [4.69, 9.17) is 14.2 Å². The van der Waals surface area contributed by atoms with Crippen molar-refractivity contribution >= 4 is 17.9 Å². The van der Waals surface area contributed by atoms with Crippen LogP contribution in [0.15, 0.2) is 170 Å². The Hall–Kier alpha value is -5.23. The van der Waals surface area contributed by atoms with Crippen LogP contribution in [0.1, 0.15) is 201 Å². The molecule has 71 heavy (non-hydrogen) atoms. The van der Waals surface area contributed by atoms with Gasteiger partial charge in [-0.05, 0) is 135 Å². The highest BCUT2D eigenvalue weighted by Crippen LogP contribution is 2.11. The van der Waals surface area contributed by atoms with Gasteiger partial charge in [0, 0.05) is 19.3 Å². The lowest BCUT2D eigenvalue weighted by Gasteiger charge is -2.18. The Kier molecular flexibility index (Phi) is 53.1. The maximum Gasteiger partial charge on any atom is 0.306 e. The van der Waals surface area contributed by atoms with Crippen LogP contribution in [0, 0.1) is 0 Å². The van der Waals surface area contributed by atoms with Crippen LogP contribution >= 0.6 is 0 Å². The van der Waals surface area contributed by atoms with Crippen LogP contribution in [0.3, 0.4) is 0 Å². The van der Waals surface area contributed by atoms with Crippen LogP contribution in [-0.4, -0.2) is 37.2 Å². The van der Waals surface area contributed by atoms with E-state index in [2.05, 4.69) is 179 Å². The lowest BCUT2D eigenvalue weighted by atomic mass is 10.1. The average molecular weight is 975 g/mol. The Morgan fingerprint density at radius 1 is 0.282 bits per heavy atom. The molecule has 0 amide bonds. The van der Waals surface area contributed by atoms with E-state index in [-0.39, 0.29) is 44.0 Å². The fraction of sp³-hybridized carbons (Fsp3) is 0.523. The fourth-order valence-electron chi connectivity index (χ4n) is 6.68. The van der Waals surface area contributed by atoms with Gasteiger partial charge >= 0.3 is 17.9 Å². The van der Waals surface area contributed by atoms with Gasteiger partial charge < -0.3 is 14.2 Å². The lowest BCUT2D eigenvalue weighted by molar-refractivity contribution is -0.166. The Balaban J connectivity index is 4.64. The molecule has 0 N–H and O–H groups in total. The van der Waals surface area contributed by atoms with Crippen LogP contribution in [0.25, 0.3) is 0 Å². The second-order valence-electron chi connectivity index (χ2n) is 17.3. The number of rotatable bonds is 47. The van der Waals surface area contributed by atoms with Gasteiger partial charge in [0.05, 0.1) is 0 Å². The maximum atomic E-state index is 12.8. The van der Waals surface area contributed by atoms with Crippen molar-refractivity contribution in [3.8, 4) is 0 Å². The predicted octanol–water partition coefficient (Wildman–Crippen LogP) is 18.8. The van der Waals surface area contributed by atoms with Gasteiger partial charge in [0.15, 0.2) is 6.10 Å². The van der Waals surface area contributed by atoms with E-state index < -0.39 is 6.10 Å². The zero-order valence-electron chi connectivity index (χ0n) is 44.9. The van der Waals surface area contributed by atoms with Crippen molar-refractivity contribution in [3.05, 3.63) is 170 Å². The number of hydrogen-bond acceptors (Lipinski definition) is 6. The standard InChI is InChI=1S/C65H98O6/c1-4-7-10-13-16-19-22-25-28-30-32-34-37-40-43-46-49-52-55-58-64(67)70-61-62(60-69-63(66)57-54-51-48-45-42-39-36-27-24-21-18-15-12-9-6-3)71-65(68)59-56-53-50-47-44-41-38-35-33-31-29-26-23-20-17-14-11-8-5-2/h7-12,16-21,25-29,32-36,40-41,43-44,49,52,62H,4-6,13-15,22-24,30-31,37-39,42,45-48,50-51,53-61H2,1-3H3/b10-7+,11-8+,12-9+,19-16+,20-17+,21-18+,28-25+,29-26+,34-32+,35-33+,36-27+,43-40+,44-41+,52-49+/t62-/m1/s1. The number of allylic oxidation sites excluding steroid dienone is 28. The molecule has 0 bridgehead atoms. The van der Waals surface area contributed by atoms with E-state index in [0.717, 1.165) is 148 Å². The SMILES string of the molecule is CC/C=C/C/C=C/C/C=C/C/C=C/C/C=C/C/C=C/CCC(=O)OC[C@@H](COC(=O)CCCCCCC/C=C/C/C=C/C/C=C/CC)OC(=O)CCCCC/C=C/C/C=C/C/C=C/C/C=C/C/C=C/CC. The summed E-state index contributed by atoms with van der Waals surface area (Å²) in [5.74, 6) is -1.08. The summed E-state index contributed by atoms with van der Waals surface area (Å²) in [6, 6.07) is 0. The first-order chi connectivity index (χ1) is 35.0. The minimum absolute atomic E-state index is 0.133. The molecule has 0 saturated carbocycles. The van der Waals surface area contributed by atoms with Gasteiger partial charge in [0.1, 0.15) is 13.2 Å². The van der Waals surface area contributed by atoms with Crippen molar-refractivity contribution in [1.29, 1.82) is 0 Å². The van der Waals surface area contributed by atoms with Crippen LogP contribution in [0.4, 0.5) is 0 Å². The summed E-state index contributed by atoms with van der Waals surface area (Å²) in [6.07, 6.45) is 84.9. The largest absolute Gasteiger partial charge is 0.462 e. The van der Waals surface area contributed by atoms with Crippen molar-refractivity contribution in [2.45, 2.75) is 207 Å². The highest BCUT2D eigenvalue weighted by atomic mass is 16.6. The Morgan fingerprint density at radius 2 is 0.535 bits per heavy atom. The molecule has 0 aliphatic heterocycles. The minimum atomic E-state index is -0.844. The lowest BCUT2D eigenvalue weighted by Crippen LogP contribution is -2.30. The zero-order chi connectivity index (χ0) is 51.4. The molecule has 0 saturated heterocycles. The summed E-state index contributed by atoms with van der Waals surface area (Å²) in [7, 11) is 0. The molecule has 394 valence electrons. The molecule has 0 spiro atoms. The van der Waals surface area contributed by atoms with Crippen LogP contribution < -0.4 is 0 Å². The van der Waals surface area contributed by atoms with Crippen LogP contribution in [0.5, 0.6) is 0 Å². The molecule has 0 unspecified atom stereocenters. The summed E-state index contributed by atoms with van der Waals surface area (Å²) in [5, 5.41) is 0. The molecule has 0 aliphatic rings. The predicted molar refractivity (Wildman–Crippen MR) is 306 cm³/mol. The van der Waals surface area contributed by atoms with Crippen molar-refractivity contribution in [1.82, 2.24) is 0 Å². The van der Waals surface area contributed by atoms with Gasteiger partial charge in [-0.2, -0.15) is 0 Å². The monoisotopic (exact) mass is 975 g/mol. The van der Waals surface area contributed by atoms with Gasteiger partial charge in [-0.25, -0.2) is 0 Å². The molecule has 6 nitrogen and oxygen atoms in total. The smallest absolute Gasteiger partial charge is 0.306 e. The van der Waals surface area contributed by atoms with E-state index in [0.29, 0.717) is 19.3 Å². The molecule has 0 aliphatic carbocycles. The summed E-state index contributed by atoms with van der Waals surface area (Å²) >= 11 is 0. The van der Waals surface area contributed by atoms with Crippen LogP contribution in [-0.2, 0) is 28.6 Å². The van der Waals surface area contributed by atoms with Gasteiger partial charge in [0.25, 0.3) is 0 Å². The summed E-state index contributed by atoms with van der Waals surface area (Å²) in [4.78, 5) is 38.1. The maximum absolute atomic E-state index is 12.8. The zero-order valence-corrected chi connectivity index (χ0v) is 44.9. The van der Waals surface area contributed by atoms with Gasteiger partial charge in [-0.3, -0.25) is 14.4 Å². The molecule has 0 aromatic heterocycles. The highest BCUT2D eigenvalue weighted by Gasteiger charge is 2.19. The van der Waals surface area contributed by atoms with Gasteiger partial charge in [-0.15, -0.1) is 0 Å². The molecule has 0 heterocycles. The molecule has 0 aromatic rings. The van der Waals surface area contributed by atoms with Crippen molar-refractivity contribution in [3.63, 3.8) is 0 Å². The molecule has 0 fully saturated rings. The Labute approximate surface area is 434 Å². The third-order valence-electron chi connectivity index (χ3n) is 10.7. The topological polar surface area (TPSA) is 78.9 Å². The quantitative estimate of drug-likeness (QED) is 0.0262. The first-order valence-corrected chi connectivity index (χ1v) is 27.6. The normalized spacial score (nSPS) is 13.5. The van der Waals surface area contributed by atoms with E-state index in [1.54, 1.807) is 0 Å². The molecule has 0 aromatic carbocycles. The number of carbonyl (C=O) groups excluding carboxylic acids is 3. The van der Waals surface area contributed by atoms with Gasteiger partial charge in [0.2, 0.25) is 0 Å². The van der Waals surface area contributed by atoms with Crippen molar-refractivity contribution in [2.75, 3.05) is 13.2 Å². The molecule has 0 rings (SSSR count). The van der Waals surface area contributed by atoms with Crippen LogP contribution in [0.2, 0.25) is 0 Å². The Morgan fingerprint density at radius 3 is 0.887 bits per heavy atom. The van der Waals surface area contributed by atoms with Crippen molar-refractivity contribution in [2.24, 2.45) is 0 Å². The number of hydrogen-bond donors (Lipinski definition) is 0. The van der Waals surface area contributed by atoms with Gasteiger partial charge in [-0.1, -0.05) is 217 Å². The second kappa shape index (κ2) is 57.3. The molecule has 0 radical (unpaired) electrons. The number of unbranched alkanes of at least 4 members (excludes halogenated alkanes) is 8. The first-order valence-electron chi connectivity index (χ1n) is 27.6. The molecule has 1 atom stereocenters. The average Bonchev–Trinajstić information content (AvgIpc) is 3.37. The third-order valence-corrected chi connectivity index (χ3v) is 10.7. The molecular weight excluding hydrogens is 877 g/mol. The summed E-state index contributed by atoms with van der Waals surface area (Å²) in [6.45, 7) is 6.16. The number of esters is 3. The Bertz CT molecular complexity index is 1690. The van der Waals surface area contributed by atoms with E-state index >= 15 is 0 Å².